The van der Waals surface area contributed by atoms with Crippen molar-refractivity contribution in [3.63, 3.8) is 0 Å². The van der Waals surface area contributed by atoms with Crippen molar-refractivity contribution < 1.29 is 14.3 Å². The standard InChI is InChI=1S/C16H20FN5O2/c1-21-9-12(7-20-21)15(23)19-10-16(24)5-2-6-22(11-16)14-4-3-13(17)8-18-14/h3-4,7-9,24H,2,5-6,10-11H2,1H3,(H,19,23). The maximum atomic E-state index is 13.0. The van der Waals surface area contributed by atoms with Crippen molar-refractivity contribution in [1.82, 2.24) is 20.1 Å². The van der Waals surface area contributed by atoms with Crippen molar-refractivity contribution in [2.75, 3.05) is 24.5 Å². The lowest BCUT2D eigenvalue weighted by Gasteiger charge is -2.39. The van der Waals surface area contributed by atoms with Crippen LogP contribution in [0.4, 0.5) is 10.2 Å². The first-order chi connectivity index (χ1) is 11.5. The summed E-state index contributed by atoms with van der Waals surface area (Å²) in [7, 11) is 1.74. The van der Waals surface area contributed by atoms with E-state index in [9.17, 15) is 14.3 Å². The molecule has 8 heteroatoms. The molecule has 0 radical (unpaired) electrons. The third-order valence-corrected chi connectivity index (χ3v) is 4.14. The molecule has 24 heavy (non-hydrogen) atoms. The van der Waals surface area contributed by atoms with Gasteiger partial charge in [-0.1, -0.05) is 0 Å². The molecule has 1 aliphatic heterocycles. The molecule has 1 amide bonds. The van der Waals surface area contributed by atoms with E-state index in [4.69, 9.17) is 0 Å². The number of rotatable bonds is 4. The molecule has 0 bridgehead atoms. The molecule has 3 rings (SSSR count). The Kier molecular flexibility index (Phi) is 4.48. The minimum Gasteiger partial charge on any atom is -0.386 e. The van der Waals surface area contributed by atoms with Crippen molar-refractivity contribution in [2.45, 2.75) is 18.4 Å². The second kappa shape index (κ2) is 6.56. The summed E-state index contributed by atoms with van der Waals surface area (Å²) in [5.41, 5.74) is -0.597. The van der Waals surface area contributed by atoms with Crippen LogP contribution in [-0.4, -0.2) is 51.0 Å². The van der Waals surface area contributed by atoms with Gasteiger partial charge in [0.05, 0.1) is 23.6 Å². The Morgan fingerprint density at radius 3 is 2.96 bits per heavy atom. The number of aromatic nitrogens is 3. The molecular weight excluding hydrogens is 313 g/mol. The summed E-state index contributed by atoms with van der Waals surface area (Å²) >= 11 is 0. The summed E-state index contributed by atoms with van der Waals surface area (Å²) in [6, 6.07) is 2.94. The van der Waals surface area contributed by atoms with Gasteiger partial charge in [0, 0.05) is 32.9 Å². The second-order valence-corrected chi connectivity index (χ2v) is 6.17. The number of halogens is 1. The molecule has 1 fully saturated rings. The molecule has 2 aromatic rings. The lowest BCUT2D eigenvalue weighted by Crippen LogP contribution is -2.54. The first kappa shape index (κ1) is 16.4. The molecule has 1 aliphatic rings. The number of anilines is 1. The Labute approximate surface area is 139 Å². The predicted molar refractivity (Wildman–Crippen MR) is 86.1 cm³/mol. The van der Waals surface area contributed by atoms with Crippen LogP contribution >= 0.6 is 0 Å². The fourth-order valence-corrected chi connectivity index (χ4v) is 2.89. The van der Waals surface area contributed by atoms with Gasteiger partial charge in [-0.15, -0.1) is 0 Å². The summed E-state index contributed by atoms with van der Waals surface area (Å²) in [6.07, 6.45) is 5.60. The Morgan fingerprint density at radius 1 is 1.46 bits per heavy atom. The van der Waals surface area contributed by atoms with Gasteiger partial charge in [-0.2, -0.15) is 5.10 Å². The van der Waals surface area contributed by atoms with Crippen LogP contribution in [0, 0.1) is 5.82 Å². The number of hydrogen-bond acceptors (Lipinski definition) is 5. The predicted octanol–water partition coefficient (Wildman–Crippen LogP) is 0.715. The highest BCUT2D eigenvalue weighted by Crippen LogP contribution is 2.24. The van der Waals surface area contributed by atoms with Crippen LogP contribution in [0.25, 0.3) is 0 Å². The summed E-state index contributed by atoms with van der Waals surface area (Å²) in [5.74, 6) is -0.0450. The average molecular weight is 333 g/mol. The number of pyridine rings is 1. The summed E-state index contributed by atoms with van der Waals surface area (Å²) in [6.45, 7) is 1.20. The van der Waals surface area contributed by atoms with E-state index < -0.39 is 11.4 Å². The van der Waals surface area contributed by atoms with E-state index in [-0.39, 0.29) is 12.5 Å². The molecule has 0 aliphatic carbocycles. The molecule has 2 N–H and O–H groups in total. The number of nitrogens with one attached hydrogen (secondary N) is 1. The number of amides is 1. The molecule has 3 heterocycles. The molecular formula is C16H20FN5O2. The lowest BCUT2D eigenvalue weighted by molar-refractivity contribution is 0.0254. The number of carbonyl (C=O) groups is 1. The van der Waals surface area contributed by atoms with E-state index in [1.807, 2.05) is 4.90 Å². The van der Waals surface area contributed by atoms with Gasteiger partial charge in [0.25, 0.3) is 5.91 Å². The second-order valence-electron chi connectivity index (χ2n) is 6.17. The van der Waals surface area contributed by atoms with Gasteiger partial charge in [-0.25, -0.2) is 9.37 Å². The van der Waals surface area contributed by atoms with Crippen LogP contribution in [0.2, 0.25) is 0 Å². The Hall–Kier alpha value is -2.48. The first-order valence-corrected chi connectivity index (χ1v) is 7.81. The smallest absolute Gasteiger partial charge is 0.254 e. The minimum atomic E-state index is -1.05. The topological polar surface area (TPSA) is 83.3 Å². The maximum Gasteiger partial charge on any atom is 0.254 e. The van der Waals surface area contributed by atoms with Gasteiger partial charge in [-0.05, 0) is 25.0 Å². The molecule has 1 saturated heterocycles. The summed E-state index contributed by atoms with van der Waals surface area (Å²) in [4.78, 5) is 18.0. The summed E-state index contributed by atoms with van der Waals surface area (Å²) < 4.78 is 14.5. The number of nitrogens with zero attached hydrogens (tertiary/aromatic N) is 4. The zero-order chi connectivity index (χ0) is 17.2. The SMILES string of the molecule is Cn1cc(C(=O)NCC2(O)CCCN(c3ccc(F)cn3)C2)cn1. The van der Waals surface area contributed by atoms with Crippen LogP contribution in [0.3, 0.4) is 0 Å². The quantitative estimate of drug-likeness (QED) is 0.861. The normalized spacial score (nSPS) is 20.9. The van der Waals surface area contributed by atoms with Crippen molar-refractivity contribution >= 4 is 11.7 Å². The number of piperidine rings is 1. The third-order valence-electron chi connectivity index (χ3n) is 4.14. The zero-order valence-electron chi connectivity index (χ0n) is 13.4. The number of hydrogen-bond donors (Lipinski definition) is 2. The first-order valence-electron chi connectivity index (χ1n) is 7.81. The highest BCUT2D eigenvalue weighted by molar-refractivity contribution is 5.93. The lowest BCUT2D eigenvalue weighted by atomic mass is 9.92. The Bertz CT molecular complexity index is 718. The van der Waals surface area contributed by atoms with Crippen molar-refractivity contribution in [3.05, 3.63) is 42.1 Å². The average Bonchev–Trinajstić information content (AvgIpc) is 3.00. The number of aryl methyl sites for hydroxylation is 1. The fourth-order valence-electron chi connectivity index (χ4n) is 2.89. The Morgan fingerprint density at radius 2 is 2.29 bits per heavy atom. The van der Waals surface area contributed by atoms with E-state index in [2.05, 4.69) is 15.4 Å². The molecule has 7 nitrogen and oxygen atoms in total. The fraction of sp³-hybridized carbons (Fsp3) is 0.438. The molecule has 1 unspecified atom stereocenters. The van der Waals surface area contributed by atoms with Gasteiger partial charge in [0.2, 0.25) is 0 Å². The van der Waals surface area contributed by atoms with Crippen LogP contribution in [0.1, 0.15) is 23.2 Å². The van der Waals surface area contributed by atoms with Crippen LogP contribution in [0.15, 0.2) is 30.7 Å². The van der Waals surface area contributed by atoms with E-state index in [0.29, 0.717) is 24.3 Å². The highest BCUT2D eigenvalue weighted by Gasteiger charge is 2.34. The molecule has 1 atom stereocenters. The van der Waals surface area contributed by atoms with Crippen molar-refractivity contribution in [2.24, 2.45) is 7.05 Å². The zero-order valence-corrected chi connectivity index (χ0v) is 13.4. The monoisotopic (exact) mass is 333 g/mol. The highest BCUT2D eigenvalue weighted by atomic mass is 19.1. The van der Waals surface area contributed by atoms with Crippen LogP contribution in [-0.2, 0) is 7.05 Å². The minimum absolute atomic E-state index is 0.137. The number of β-amino-alcohol motifs (C(OH)–C–C–N with tert-alkyl or cyclic N) is 1. The Balaban J connectivity index is 1.62. The van der Waals surface area contributed by atoms with Gasteiger partial charge in [0.1, 0.15) is 11.6 Å². The number of aliphatic hydroxyl groups is 1. The van der Waals surface area contributed by atoms with Crippen molar-refractivity contribution in [1.29, 1.82) is 0 Å². The molecule has 0 aromatic carbocycles. The van der Waals surface area contributed by atoms with Crippen LogP contribution in [0.5, 0.6) is 0 Å². The van der Waals surface area contributed by atoms with Gasteiger partial charge in [0.15, 0.2) is 0 Å². The molecule has 128 valence electrons. The summed E-state index contributed by atoms with van der Waals surface area (Å²) in [5, 5.41) is 17.5. The van der Waals surface area contributed by atoms with E-state index in [1.165, 1.54) is 12.3 Å². The maximum absolute atomic E-state index is 13.0. The van der Waals surface area contributed by atoms with Crippen molar-refractivity contribution in [3.8, 4) is 0 Å². The molecule has 0 saturated carbocycles. The third kappa shape index (κ3) is 3.70. The van der Waals surface area contributed by atoms with Gasteiger partial charge < -0.3 is 15.3 Å². The van der Waals surface area contributed by atoms with E-state index >= 15 is 0 Å². The molecule has 0 spiro atoms. The largest absolute Gasteiger partial charge is 0.386 e. The van der Waals surface area contributed by atoms with E-state index in [1.54, 1.807) is 24.0 Å². The molecule has 2 aromatic heterocycles. The number of carbonyl (C=O) groups excluding carboxylic acids is 1. The van der Waals surface area contributed by atoms with Gasteiger partial charge in [-0.3, -0.25) is 9.48 Å². The van der Waals surface area contributed by atoms with Gasteiger partial charge >= 0.3 is 0 Å². The van der Waals surface area contributed by atoms with E-state index in [0.717, 1.165) is 19.2 Å². The van der Waals surface area contributed by atoms with Crippen LogP contribution < -0.4 is 10.2 Å².